The van der Waals surface area contributed by atoms with Gasteiger partial charge in [-0.2, -0.15) is 9.78 Å². The number of hydrogen-bond donors (Lipinski definition) is 3. The molecule has 2 heterocycles. The minimum Gasteiger partial charge on any atom is -0.385 e. The van der Waals surface area contributed by atoms with Crippen molar-refractivity contribution in [3.63, 3.8) is 0 Å². The molecule has 2 unspecified atom stereocenters. The van der Waals surface area contributed by atoms with Crippen LogP contribution in [0.1, 0.15) is 57.9 Å². The fourth-order valence-corrected chi connectivity index (χ4v) is 4.41. The van der Waals surface area contributed by atoms with Crippen LogP contribution in [-0.2, 0) is 12.8 Å². The molecule has 6 nitrogen and oxygen atoms in total. The summed E-state index contributed by atoms with van der Waals surface area (Å²) >= 11 is 0. The van der Waals surface area contributed by atoms with Gasteiger partial charge in [0.05, 0.1) is 5.69 Å². The van der Waals surface area contributed by atoms with Gasteiger partial charge >= 0.3 is 0 Å². The number of carbonyl (C=O) groups excluding carboxylic acids is 1. The van der Waals surface area contributed by atoms with E-state index in [-0.39, 0.29) is 17.9 Å². The summed E-state index contributed by atoms with van der Waals surface area (Å²) in [6, 6.07) is 4.49. The molecule has 5 N–H and O–H groups in total. The highest BCUT2D eigenvalue weighted by atomic mass is 16.2. The molecule has 0 saturated heterocycles. The lowest BCUT2D eigenvalue weighted by Crippen LogP contribution is -2.27. The first kappa shape index (κ1) is 17.1. The quantitative estimate of drug-likeness (QED) is 0.770. The number of nitrogens with one attached hydrogen (secondary N) is 1. The lowest BCUT2D eigenvalue weighted by molar-refractivity contribution is 0.0878. The largest absolute Gasteiger partial charge is 0.385 e. The van der Waals surface area contributed by atoms with E-state index >= 15 is 0 Å². The van der Waals surface area contributed by atoms with Crippen molar-refractivity contribution >= 4 is 17.4 Å². The van der Waals surface area contributed by atoms with Gasteiger partial charge in [0.25, 0.3) is 0 Å². The Bertz CT molecular complexity index is 870. The third kappa shape index (κ3) is 2.88. The van der Waals surface area contributed by atoms with Gasteiger partial charge in [-0.3, -0.25) is 4.79 Å². The minimum absolute atomic E-state index is 0.0255. The van der Waals surface area contributed by atoms with E-state index in [1.807, 2.05) is 0 Å². The number of anilines is 2. The Morgan fingerprint density at radius 3 is 2.96 bits per heavy atom. The number of aromatic nitrogens is 2. The summed E-state index contributed by atoms with van der Waals surface area (Å²) in [6.45, 7) is 5.10. The predicted molar refractivity (Wildman–Crippen MR) is 104 cm³/mol. The molecule has 4 rings (SSSR count). The van der Waals surface area contributed by atoms with Crippen molar-refractivity contribution < 1.29 is 4.79 Å². The number of fused-ring (bicyclic) bond motifs is 2. The number of nitrogens with zero attached hydrogens (tertiary/aromatic N) is 2. The average molecular weight is 353 g/mol. The Balaban J connectivity index is 1.61. The summed E-state index contributed by atoms with van der Waals surface area (Å²) in [4.78, 5) is 13.0. The topological polar surface area (TPSA) is 99.0 Å². The first-order chi connectivity index (χ1) is 12.4. The first-order valence-electron chi connectivity index (χ1n) is 9.44. The molecule has 0 bridgehead atoms. The van der Waals surface area contributed by atoms with Crippen LogP contribution in [0.15, 0.2) is 12.1 Å². The third-order valence-corrected chi connectivity index (χ3v) is 5.73. The maximum atomic E-state index is 13.0. The lowest BCUT2D eigenvalue weighted by atomic mass is 9.85. The molecule has 138 valence electrons. The van der Waals surface area contributed by atoms with E-state index in [1.54, 1.807) is 0 Å². The average Bonchev–Trinajstić information content (AvgIpc) is 2.92. The van der Waals surface area contributed by atoms with E-state index in [0.29, 0.717) is 18.7 Å². The molecule has 0 fully saturated rings. The Labute approximate surface area is 153 Å². The highest BCUT2D eigenvalue weighted by Crippen LogP contribution is 2.37. The third-order valence-electron chi connectivity index (χ3n) is 5.73. The summed E-state index contributed by atoms with van der Waals surface area (Å²) in [5.74, 6) is 0.650. The van der Waals surface area contributed by atoms with E-state index < -0.39 is 0 Å². The molecule has 26 heavy (non-hydrogen) atoms. The number of aryl methyl sites for hydroxylation is 3. The van der Waals surface area contributed by atoms with Gasteiger partial charge in [0.15, 0.2) is 0 Å². The molecule has 0 radical (unpaired) electrons. The van der Waals surface area contributed by atoms with E-state index in [9.17, 15) is 4.79 Å². The Morgan fingerprint density at radius 2 is 2.15 bits per heavy atom. The van der Waals surface area contributed by atoms with Crippen LogP contribution in [0.2, 0.25) is 0 Å². The van der Waals surface area contributed by atoms with E-state index in [2.05, 4.69) is 36.4 Å². The monoisotopic (exact) mass is 353 g/mol. The second kappa shape index (κ2) is 6.43. The van der Waals surface area contributed by atoms with Crippen LogP contribution < -0.4 is 16.8 Å². The van der Waals surface area contributed by atoms with Crippen LogP contribution in [-0.4, -0.2) is 28.3 Å². The van der Waals surface area contributed by atoms with Crippen molar-refractivity contribution in [2.24, 2.45) is 5.73 Å². The van der Waals surface area contributed by atoms with Gasteiger partial charge < -0.3 is 16.8 Å². The zero-order chi connectivity index (χ0) is 18.4. The number of nitrogen functional groups attached to an aromatic ring is 1. The number of carbonyl (C=O) groups is 1. The van der Waals surface area contributed by atoms with Crippen LogP contribution in [0.3, 0.4) is 0 Å². The fourth-order valence-electron chi connectivity index (χ4n) is 4.41. The summed E-state index contributed by atoms with van der Waals surface area (Å²) in [6.07, 6.45) is 3.78. The SMILES string of the molecule is Cc1cc(C)c2c(c1)C(CC(=O)n1nc3c(c1N)CC(N)CC3)CCN2. The zero-order valence-electron chi connectivity index (χ0n) is 15.5. The summed E-state index contributed by atoms with van der Waals surface area (Å²) in [5, 5.41) is 8.00. The highest BCUT2D eigenvalue weighted by molar-refractivity contribution is 5.83. The molecule has 2 aromatic rings. The van der Waals surface area contributed by atoms with Gasteiger partial charge in [0.1, 0.15) is 5.82 Å². The van der Waals surface area contributed by atoms with Gasteiger partial charge in [-0.15, -0.1) is 0 Å². The lowest BCUT2D eigenvalue weighted by Gasteiger charge is -2.28. The van der Waals surface area contributed by atoms with E-state index in [1.165, 1.54) is 27.1 Å². The predicted octanol–water partition coefficient (Wildman–Crippen LogP) is 2.53. The maximum absolute atomic E-state index is 13.0. The summed E-state index contributed by atoms with van der Waals surface area (Å²) in [5.41, 5.74) is 19.1. The zero-order valence-corrected chi connectivity index (χ0v) is 15.5. The van der Waals surface area contributed by atoms with E-state index in [0.717, 1.165) is 37.1 Å². The molecule has 0 saturated carbocycles. The maximum Gasteiger partial charge on any atom is 0.249 e. The molecule has 0 amide bonds. The number of hydrogen-bond acceptors (Lipinski definition) is 5. The first-order valence-corrected chi connectivity index (χ1v) is 9.44. The summed E-state index contributed by atoms with van der Waals surface area (Å²) in [7, 11) is 0. The van der Waals surface area contributed by atoms with Crippen molar-refractivity contribution in [3.8, 4) is 0 Å². The smallest absolute Gasteiger partial charge is 0.249 e. The number of benzene rings is 1. The van der Waals surface area contributed by atoms with E-state index in [4.69, 9.17) is 11.5 Å². The molecule has 2 atom stereocenters. The normalized spacial score (nSPS) is 21.7. The van der Waals surface area contributed by atoms with Gasteiger partial charge in [-0.1, -0.05) is 17.7 Å². The Morgan fingerprint density at radius 1 is 1.35 bits per heavy atom. The van der Waals surface area contributed by atoms with Crippen LogP contribution >= 0.6 is 0 Å². The van der Waals surface area contributed by atoms with Crippen LogP contribution in [0.5, 0.6) is 0 Å². The van der Waals surface area contributed by atoms with Crippen LogP contribution in [0.25, 0.3) is 0 Å². The van der Waals surface area contributed by atoms with Crippen LogP contribution in [0, 0.1) is 13.8 Å². The molecular weight excluding hydrogens is 326 g/mol. The molecule has 1 aromatic carbocycles. The van der Waals surface area contributed by atoms with Crippen molar-refractivity contribution in [2.45, 2.75) is 57.9 Å². The van der Waals surface area contributed by atoms with Crippen molar-refractivity contribution in [2.75, 3.05) is 17.6 Å². The molecule has 1 aliphatic carbocycles. The Hall–Kier alpha value is -2.34. The van der Waals surface area contributed by atoms with Crippen molar-refractivity contribution in [1.29, 1.82) is 0 Å². The fraction of sp³-hybridized carbons (Fsp3) is 0.500. The molecule has 0 spiro atoms. The van der Waals surface area contributed by atoms with Gasteiger partial charge in [0.2, 0.25) is 5.91 Å². The number of rotatable bonds is 2. The molecular formula is C20H27N5O. The Kier molecular flexibility index (Phi) is 4.23. The van der Waals surface area contributed by atoms with Crippen LogP contribution in [0.4, 0.5) is 11.5 Å². The van der Waals surface area contributed by atoms with Gasteiger partial charge in [-0.25, -0.2) is 0 Å². The second-order valence-electron chi connectivity index (χ2n) is 7.78. The highest BCUT2D eigenvalue weighted by Gasteiger charge is 2.28. The summed E-state index contributed by atoms with van der Waals surface area (Å²) < 4.78 is 1.42. The van der Waals surface area contributed by atoms with Gasteiger partial charge in [-0.05, 0) is 56.6 Å². The molecule has 1 aromatic heterocycles. The second-order valence-corrected chi connectivity index (χ2v) is 7.78. The molecule has 1 aliphatic heterocycles. The standard InChI is InChI=1S/C20H27N5O/c1-11-7-12(2)19-15(8-11)13(5-6-23-19)9-18(26)25-20(22)16-10-14(21)3-4-17(16)24-25/h7-8,13-14,23H,3-6,9-10,21-22H2,1-2H3. The van der Waals surface area contributed by atoms with Crippen molar-refractivity contribution in [3.05, 3.63) is 40.1 Å². The minimum atomic E-state index is -0.0255. The number of nitrogens with two attached hydrogens (primary N) is 2. The molecule has 2 aliphatic rings. The van der Waals surface area contributed by atoms with Gasteiger partial charge in [0, 0.05) is 30.3 Å². The van der Waals surface area contributed by atoms with Crippen molar-refractivity contribution in [1.82, 2.24) is 9.78 Å². The molecule has 6 heteroatoms.